The van der Waals surface area contributed by atoms with Crippen molar-refractivity contribution in [2.45, 2.75) is 13.0 Å². The number of benzene rings is 1. The van der Waals surface area contributed by atoms with Crippen LogP contribution in [0.3, 0.4) is 0 Å². The molecule has 3 heterocycles. The molecular weight excluding hydrogens is 494 g/mol. The van der Waals surface area contributed by atoms with Crippen molar-refractivity contribution in [3.63, 3.8) is 0 Å². The number of rotatable bonds is 8. The summed E-state index contributed by atoms with van der Waals surface area (Å²) in [7, 11) is -0.824. The summed E-state index contributed by atoms with van der Waals surface area (Å²) < 4.78 is 54.2. The number of carbonyl (C=O) groups is 1. The Morgan fingerprint density at radius 2 is 1.83 bits per heavy atom. The van der Waals surface area contributed by atoms with Crippen LogP contribution in [-0.4, -0.2) is 59.2 Å². The molecule has 0 spiro atoms. The molecule has 0 fully saturated rings. The largest absolute Gasteiger partial charge is 0.355 e. The van der Waals surface area contributed by atoms with Crippen LogP contribution < -0.4 is 14.9 Å². The van der Waals surface area contributed by atoms with Crippen LogP contribution >= 0.6 is 0 Å². The number of amides is 1. The van der Waals surface area contributed by atoms with E-state index in [4.69, 9.17) is 0 Å². The fraction of sp³-hybridized carbons (Fsp3) is 0.227. The van der Waals surface area contributed by atoms with E-state index in [1.165, 1.54) is 43.3 Å². The minimum absolute atomic E-state index is 0.0191. The summed E-state index contributed by atoms with van der Waals surface area (Å²) in [6.45, 7) is -0.205. The van der Waals surface area contributed by atoms with Gasteiger partial charge in [0.15, 0.2) is 5.82 Å². The van der Waals surface area contributed by atoms with E-state index in [-0.39, 0.29) is 41.3 Å². The van der Waals surface area contributed by atoms with Crippen molar-refractivity contribution >= 4 is 44.4 Å². The lowest BCUT2D eigenvalue weighted by Crippen LogP contribution is -2.27. The van der Waals surface area contributed by atoms with Crippen LogP contribution in [0, 0.1) is 0 Å². The van der Waals surface area contributed by atoms with E-state index in [2.05, 4.69) is 30.6 Å². The number of hydrogen-bond donors (Lipinski definition) is 2. The predicted molar refractivity (Wildman–Crippen MR) is 130 cm³/mol. The van der Waals surface area contributed by atoms with Gasteiger partial charge in [-0.1, -0.05) is 0 Å². The zero-order chi connectivity index (χ0) is 26.0. The molecule has 4 rings (SSSR count). The standard InChI is InChI=1S/C22H22F2N8O3S/c1-25-21(33)13-4-6-15(7-5-13)29-22-28-11-14-10-17(18(23)24)32(19(14)30-22)12-16-20(27-9-8-26-16)31(2)36(3,34)35/h4-11,18H,12H2,1-3H3,(H,25,33)(H,28,29,30). The van der Waals surface area contributed by atoms with Gasteiger partial charge in [-0.15, -0.1) is 0 Å². The second-order valence-corrected chi connectivity index (χ2v) is 9.78. The first kappa shape index (κ1) is 24.9. The number of nitrogens with zero attached hydrogens (tertiary/aromatic N) is 6. The maximum Gasteiger partial charge on any atom is 0.278 e. The summed E-state index contributed by atoms with van der Waals surface area (Å²) >= 11 is 0. The Hall–Kier alpha value is -4.20. The Labute approximate surface area is 205 Å². The van der Waals surface area contributed by atoms with Gasteiger partial charge in [-0.25, -0.2) is 27.2 Å². The minimum Gasteiger partial charge on any atom is -0.355 e. The number of nitrogens with one attached hydrogen (secondary N) is 2. The molecule has 2 N–H and O–H groups in total. The van der Waals surface area contributed by atoms with Crippen LogP contribution in [0.5, 0.6) is 0 Å². The highest BCUT2D eigenvalue weighted by Gasteiger charge is 2.23. The molecule has 0 aliphatic carbocycles. The number of aromatic nitrogens is 5. The van der Waals surface area contributed by atoms with E-state index < -0.39 is 16.4 Å². The number of carbonyl (C=O) groups excluding carboxylic acids is 1. The zero-order valence-electron chi connectivity index (χ0n) is 19.5. The highest BCUT2D eigenvalue weighted by Crippen LogP contribution is 2.29. The van der Waals surface area contributed by atoms with Gasteiger partial charge in [-0.05, 0) is 30.3 Å². The number of fused-ring (bicyclic) bond motifs is 1. The van der Waals surface area contributed by atoms with Gasteiger partial charge in [0, 0.05) is 49.3 Å². The van der Waals surface area contributed by atoms with Gasteiger partial charge >= 0.3 is 0 Å². The monoisotopic (exact) mass is 516 g/mol. The van der Waals surface area contributed by atoms with Crippen molar-refractivity contribution in [2.24, 2.45) is 0 Å². The third kappa shape index (κ3) is 5.07. The molecular formula is C22H22F2N8O3S. The van der Waals surface area contributed by atoms with Crippen LogP contribution in [0.15, 0.2) is 48.9 Å². The quantitative estimate of drug-likeness (QED) is 0.365. The van der Waals surface area contributed by atoms with Crippen LogP contribution in [0.25, 0.3) is 11.0 Å². The van der Waals surface area contributed by atoms with Crippen molar-refractivity contribution in [3.05, 3.63) is 65.9 Å². The van der Waals surface area contributed by atoms with E-state index in [1.54, 1.807) is 24.3 Å². The van der Waals surface area contributed by atoms with E-state index in [0.29, 0.717) is 16.6 Å². The van der Waals surface area contributed by atoms with Crippen LogP contribution in [0.1, 0.15) is 28.2 Å². The molecule has 4 aromatic rings. The first-order chi connectivity index (χ1) is 17.1. The summed E-state index contributed by atoms with van der Waals surface area (Å²) in [6.07, 6.45) is 2.26. The summed E-state index contributed by atoms with van der Waals surface area (Å²) in [5.74, 6) is -0.0740. The van der Waals surface area contributed by atoms with Crippen molar-refractivity contribution in [3.8, 4) is 0 Å². The minimum atomic E-state index is -3.67. The van der Waals surface area contributed by atoms with Crippen LogP contribution in [0.2, 0.25) is 0 Å². The summed E-state index contributed by atoms with van der Waals surface area (Å²) in [4.78, 5) is 28.6. The van der Waals surface area contributed by atoms with Gasteiger partial charge in [0.05, 0.1) is 18.5 Å². The third-order valence-electron chi connectivity index (χ3n) is 5.38. The molecule has 1 aromatic carbocycles. The smallest absolute Gasteiger partial charge is 0.278 e. The molecule has 0 aliphatic rings. The molecule has 0 unspecified atom stereocenters. The average molecular weight is 517 g/mol. The maximum absolute atomic E-state index is 13.9. The van der Waals surface area contributed by atoms with Gasteiger partial charge in [0.25, 0.3) is 12.3 Å². The van der Waals surface area contributed by atoms with Gasteiger partial charge < -0.3 is 15.2 Å². The fourth-order valence-electron chi connectivity index (χ4n) is 3.49. The second-order valence-electron chi connectivity index (χ2n) is 7.77. The van der Waals surface area contributed by atoms with E-state index >= 15 is 0 Å². The lowest BCUT2D eigenvalue weighted by Gasteiger charge is -2.19. The van der Waals surface area contributed by atoms with E-state index in [1.807, 2.05) is 0 Å². The molecule has 3 aromatic heterocycles. The zero-order valence-corrected chi connectivity index (χ0v) is 20.3. The number of alkyl halides is 2. The first-order valence-electron chi connectivity index (χ1n) is 10.6. The van der Waals surface area contributed by atoms with Crippen molar-refractivity contribution in [2.75, 3.05) is 30.0 Å². The Balaban J connectivity index is 1.73. The number of halogens is 2. The molecule has 14 heteroatoms. The molecule has 0 radical (unpaired) electrons. The average Bonchev–Trinajstić information content (AvgIpc) is 3.21. The summed E-state index contributed by atoms with van der Waals surface area (Å²) in [6, 6.07) is 7.83. The predicted octanol–water partition coefficient (Wildman–Crippen LogP) is 2.71. The third-order valence-corrected chi connectivity index (χ3v) is 6.54. The van der Waals surface area contributed by atoms with Gasteiger partial charge in [-0.2, -0.15) is 4.98 Å². The highest BCUT2D eigenvalue weighted by molar-refractivity contribution is 7.92. The molecule has 1 amide bonds. The van der Waals surface area contributed by atoms with Crippen molar-refractivity contribution in [1.29, 1.82) is 0 Å². The molecule has 0 atom stereocenters. The lowest BCUT2D eigenvalue weighted by atomic mass is 10.2. The Morgan fingerprint density at radius 1 is 1.14 bits per heavy atom. The SMILES string of the molecule is CNC(=O)c1ccc(Nc2ncc3cc(C(F)F)n(Cc4nccnc4N(C)S(C)(=O)=O)c3n2)cc1. The summed E-state index contributed by atoms with van der Waals surface area (Å²) in [5, 5.41) is 5.89. The molecule has 36 heavy (non-hydrogen) atoms. The van der Waals surface area contributed by atoms with Gasteiger partial charge in [0.1, 0.15) is 11.3 Å². The summed E-state index contributed by atoms with van der Waals surface area (Å²) in [5.41, 5.74) is 1.09. The lowest BCUT2D eigenvalue weighted by molar-refractivity contribution is 0.0963. The Bertz CT molecular complexity index is 1520. The molecule has 188 valence electrons. The maximum atomic E-state index is 13.9. The van der Waals surface area contributed by atoms with Crippen LogP contribution in [-0.2, 0) is 16.6 Å². The topological polar surface area (TPSA) is 135 Å². The fourth-order valence-corrected chi connectivity index (χ4v) is 3.95. The molecule has 11 nitrogen and oxygen atoms in total. The molecule has 0 saturated carbocycles. The number of hydrogen-bond acceptors (Lipinski definition) is 8. The number of anilines is 3. The Kier molecular flexibility index (Phi) is 6.79. The molecule has 0 aliphatic heterocycles. The van der Waals surface area contributed by atoms with E-state index in [0.717, 1.165) is 10.6 Å². The normalized spacial score (nSPS) is 11.6. The van der Waals surface area contributed by atoms with Crippen molar-refractivity contribution < 1.29 is 22.0 Å². The molecule has 0 bridgehead atoms. The highest BCUT2D eigenvalue weighted by atomic mass is 32.2. The molecule has 0 saturated heterocycles. The van der Waals surface area contributed by atoms with Crippen LogP contribution in [0.4, 0.5) is 26.2 Å². The Morgan fingerprint density at radius 3 is 2.47 bits per heavy atom. The number of sulfonamides is 1. The first-order valence-corrected chi connectivity index (χ1v) is 12.4. The van der Waals surface area contributed by atoms with Crippen molar-refractivity contribution in [1.82, 2.24) is 29.8 Å². The second kappa shape index (κ2) is 9.81. The van der Waals surface area contributed by atoms with E-state index in [9.17, 15) is 22.0 Å². The van der Waals surface area contributed by atoms with Gasteiger partial charge in [-0.3, -0.25) is 14.1 Å². The van der Waals surface area contributed by atoms with Gasteiger partial charge in [0.2, 0.25) is 16.0 Å².